The standard InChI is InChI=1S/C29H28O/c1-2-3-4-5-8-17-30-25-13-16-26-24(19-25)12-15-28-27(26)14-11-23-18-21-9-6-7-10-22(21)20-29(23)28/h6-7,9-16,18-20H,2-5,8,17H2,1H3. The molecule has 150 valence electrons. The topological polar surface area (TPSA) is 9.23 Å². The molecule has 5 aromatic carbocycles. The van der Waals surface area contributed by atoms with E-state index in [0.29, 0.717) is 0 Å². The molecule has 0 aliphatic heterocycles. The number of ether oxygens (including phenoxy) is 1. The molecule has 5 aromatic rings. The molecule has 0 aliphatic rings. The fourth-order valence-electron chi connectivity index (χ4n) is 4.53. The monoisotopic (exact) mass is 392 g/mol. The quantitative estimate of drug-likeness (QED) is 0.153. The zero-order chi connectivity index (χ0) is 20.3. The highest BCUT2D eigenvalue weighted by atomic mass is 16.5. The molecule has 1 heteroatoms. The molecular formula is C29H28O. The van der Waals surface area contributed by atoms with E-state index in [1.807, 2.05) is 0 Å². The van der Waals surface area contributed by atoms with Gasteiger partial charge in [-0.05, 0) is 73.8 Å². The highest BCUT2D eigenvalue weighted by Gasteiger charge is 2.07. The van der Waals surface area contributed by atoms with Crippen LogP contribution in [0, 0.1) is 0 Å². The van der Waals surface area contributed by atoms with E-state index in [1.165, 1.54) is 68.8 Å². The Labute approximate surface area is 178 Å². The average molecular weight is 393 g/mol. The largest absolute Gasteiger partial charge is 0.494 e. The van der Waals surface area contributed by atoms with E-state index in [4.69, 9.17) is 4.74 Å². The van der Waals surface area contributed by atoms with Crippen molar-refractivity contribution in [3.05, 3.63) is 78.9 Å². The first-order valence-electron chi connectivity index (χ1n) is 11.2. The van der Waals surface area contributed by atoms with Crippen molar-refractivity contribution in [1.82, 2.24) is 0 Å². The van der Waals surface area contributed by atoms with Gasteiger partial charge in [-0.1, -0.05) is 87.2 Å². The van der Waals surface area contributed by atoms with Crippen molar-refractivity contribution in [1.29, 1.82) is 0 Å². The molecule has 0 bridgehead atoms. The number of hydrogen-bond acceptors (Lipinski definition) is 1. The zero-order valence-corrected chi connectivity index (χ0v) is 17.7. The average Bonchev–Trinajstić information content (AvgIpc) is 2.79. The summed E-state index contributed by atoms with van der Waals surface area (Å²) in [5, 5.41) is 10.4. The van der Waals surface area contributed by atoms with Crippen LogP contribution in [0.5, 0.6) is 5.75 Å². The van der Waals surface area contributed by atoms with E-state index in [0.717, 1.165) is 18.8 Å². The second-order valence-electron chi connectivity index (χ2n) is 8.29. The summed E-state index contributed by atoms with van der Waals surface area (Å²) in [6.45, 7) is 3.06. The summed E-state index contributed by atoms with van der Waals surface area (Å²) in [6, 6.07) is 28.8. The molecule has 0 unspecified atom stereocenters. The van der Waals surface area contributed by atoms with Gasteiger partial charge in [0.1, 0.15) is 5.75 Å². The first-order valence-corrected chi connectivity index (χ1v) is 11.2. The normalized spacial score (nSPS) is 11.6. The molecule has 5 rings (SSSR count). The minimum absolute atomic E-state index is 0.806. The number of benzene rings is 5. The Morgan fingerprint density at radius 3 is 2.00 bits per heavy atom. The van der Waals surface area contributed by atoms with E-state index in [9.17, 15) is 0 Å². The molecule has 0 atom stereocenters. The van der Waals surface area contributed by atoms with E-state index in [1.54, 1.807) is 0 Å². The fourth-order valence-corrected chi connectivity index (χ4v) is 4.53. The predicted octanol–water partition coefficient (Wildman–Crippen LogP) is 8.65. The van der Waals surface area contributed by atoms with Gasteiger partial charge in [-0.15, -0.1) is 0 Å². The number of fused-ring (bicyclic) bond motifs is 6. The third-order valence-electron chi connectivity index (χ3n) is 6.19. The van der Waals surface area contributed by atoms with Crippen LogP contribution >= 0.6 is 0 Å². The van der Waals surface area contributed by atoms with Crippen LogP contribution in [0.3, 0.4) is 0 Å². The summed E-state index contributed by atoms with van der Waals surface area (Å²) in [5.74, 6) is 0.976. The highest BCUT2D eigenvalue weighted by molar-refractivity contribution is 6.19. The van der Waals surface area contributed by atoms with E-state index < -0.39 is 0 Å². The van der Waals surface area contributed by atoms with Gasteiger partial charge in [0.25, 0.3) is 0 Å². The lowest BCUT2D eigenvalue weighted by atomic mass is 9.95. The minimum atomic E-state index is 0.806. The second kappa shape index (κ2) is 8.36. The Bertz CT molecular complexity index is 1330. The number of rotatable bonds is 7. The van der Waals surface area contributed by atoms with Crippen LogP contribution in [-0.4, -0.2) is 6.61 Å². The number of unbranched alkanes of at least 4 members (excludes halogenated alkanes) is 4. The molecule has 0 aliphatic carbocycles. The first-order chi connectivity index (χ1) is 14.8. The highest BCUT2D eigenvalue weighted by Crippen LogP contribution is 2.34. The Kier molecular flexibility index (Phi) is 5.27. The summed E-state index contributed by atoms with van der Waals surface area (Å²) >= 11 is 0. The van der Waals surface area contributed by atoms with Gasteiger partial charge in [-0.3, -0.25) is 0 Å². The Balaban J connectivity index is 1.48. The molecule has 0 saturated heterocycles. The van der Waals surface area contributed by atoms with Crippen molar-refractivity contribution in [3.8, 4) is 5.75 Å². The van der Waals surface area contributed by atoms with Crippen molar-refractivity contribution in [2.75, 3.05) is 6.61 Å². The summed E-state index contributed by atoms with van der Waals surface area (Å²) in [5.41, 5.74) is 0. The molecule has 0 fully saturated rings. The third kappa shape index (κ3) is 3.61. The van der Waals surface area contributed by atoms with Gasteiger partial charge in [0.05, 0.1) is 6.61 Å². The fraction of sp³-hybridized carbons (Fsp3) is 0.241. The lowest BCUT2D eigenvalue weighted by molar-refractivity contribution is 0.305. The summed E-state index contributed by atoms with van der Waals surface area (Å²) in [6.07, 6.45) is 6.31. The van der Waals surface area contributed by atoms with Gasteiger partial charge in [0.15, 0.2) is 0 Å². The molecule has 0 aromatic heterocycles. The molecule has 0 heterocycles. The van der Waals surface area contributed by atoms with Crippen LogP contribution in [0.1, 0.15) is 39.0 Å². The zero-order valence-electron chi connectivity index (χ0n) is 17.7. The van der Waals surface area contributed by atoms with Crippen molar-refractivity contribution < 1.29 is 4.74 Å². The molecule has 0 spiro atoms. The Morgan fingerprint density at radius 2 is 1.20 bits per heavy atom. The summed E-state index contributed by atoms with van der Waals surface area (Å²) < 4.78 is 6.02. The van der Waals surface area contributed by atoms with Gasteiger partial charge in [-0.25, -0.2) is 0 Å². The smallest absolute Gasteiger partial charge is 0.119 e. The lowest BCUT2D eigenvalue weighted by Gasteiger charge is -2.11. The maximum Gasteiger partial charge on any atom is 0.119 e. The van der Waals surface area contributed by atoms with Gasteiger partial charge in [0, 0.05) is 0 Å². The van der Waals surface area contributed by atoms with Crippen LogP contribution in [-0.2, 0) is 0 Å². The van der Waals surface area contributed by atoms with Gasteiger partial charge in [0.2, 0.25) is 0 Å². The lowest BCUT2D eigenvalue weighted by Crippen LogP contribution is -1.97. The van der Waals surface area contributed by atoms with Crippen LogP contribution in [0.25, 0.3) is 43.1 Å². The number of hydrogen-bond donors (Lipinski definition) is 0. The van der Waals surface area contributed by atoms with Crippen LogP contribution in [0.2, 0.25) is 0 Å². The van der Waals surface area contributed by atoms with Gasteiger partial charge in [-0.2, -0.15) is 0 Å². The van der Waals surface area contributed by atoms with E-state index >= 15 is 0 Å². The maximum absolute atomic E-state index is 6.02. The van der Waals surface area contributed by atoms with Crippen molar-refractivity contribution >= 4 is 43.1 Å². The van der Waals surface area contributed by atoms with E-state index in [-0.39, 0.29) is 0 Å². The Hall–Kier alpha value is -3.06. The van der Waals surface area contributed by atoms with Crippen molar-refractivity contribution in [2.45, 2.75) is 39.0 Å². The van der Waals surface area contributed by atoms with Crippen LogP contribution in [0.4, 0.5) is 0 Å². The van der Waals surface area contributed by atoms with Gasteiger partial charge >= 0.3 is 0 Å². The molecule has 30 heavy (non-hydrogen) atoms. The second-order valence-corrected chi connectivity index (χ2v) is 8.29. The van der Waals surface area contributed by atoms with Crippen molar-refractivity contribution in [2.24, 2.45) is 0 Å². The molecular weight excluding hydrogens is 364 g/mol. The predicted molar refractivity (Wildman–Crippen MR) is 131 cm³/mol. The Morgan fingerprint density at radius 1 is 0.533 bits per heavy atom. The van der Waals surface area contributed by atoms with Crippen LogP contribution in [0.15, 0.2) is 78.9 Å². The van der Waals surface area contributed by atoms with Gasteiger partial charge < -0.3 is 4.74 Å². The summed E-state index contributed by atoms with van der Waals surface area (Å²) in [4.78, 5) is 0. The molecule has 1 nitrogen and oxygen atoms in total. The molecule has 0 N–H and O–H groups in total. The van der Waals surface area contributed by atoms with E-state index in [2.05, 4.69) is 85.8 Å². The SMILES string of the molecule is CCCCCCCOc1ccc2c(ccc3c4cc5ccccc5cc4ccc23)c1. The molecule has 0 amide bonds. The molecule has 0 saturated carbocycles. The van der Waals surface area contributed by atoms with Crippen molar-refractivity contribution in [3.63, 3.8) is 0 Å². The van der Waals surface area contributed by atoms with Crippen LogP contribution < -0.4 is 4.74 Å². The first kappa shape index (κ1) is 18.9. The summed E-state index contributed by atoms with van der Waals surface area (Å²) in [7, 11) is 0. The third-order valence-corrected chi connectivity index (χ3v) is 6.19. The minimum Gasteiger partial charge on any atom is -0.494 e. The maximum atomic E-state index is 6.02. The molecule has 0 radical (unpaired) electrons.